The maximum atomic E-state index is 11.1. The molecule has 7 nitrogen and oxygen atoms in total. The van der Waals surface area contributed by atoms with Gasteiger partial charge in [0.15, 0.2) is 0 Å². The van der Waals surface area contributed by atoms with Crippen molar-refractivity contribution in [3.8, 4) is 0 Å². The number of nitrogens with one attached hydrogen (secondary N) is 1. The van der Waals surface area contributed by atoms with Crippen LogP contribution >= 0.6 is 0 Å². The molecule has 1 aliphatic heterocycles. The minimum absolute atomic E-state index is 0.0353. The van der Waals surface area contributed by atoms with Crippen LogP contribution in [0.5, 0.6) is 0 Å². The summed E-state index contributed by atoms with van der Waals surface area (Å²) in [6, 6.07) is 3.10. The number of hydrogen-bond acceptors (Lipinski definition) is 6. The second kappa shape index (κ2) is 5.83. The zero-order valence-electron chi connectivity index (χ0n) is 11.1. The molecule has 1 unspecified atom stereocenters. The summed E-state index contributed by atoms with van der Waals surface area (Å²) in [5.41, 5.74) is 0.0353. The maximum Gasteiger partial charge on any atom is 0.311 e. The molecule has 19 heavy (non-hydrogen) atoms. The first-order valence-electron chi connectivity index (χ1n) is 6.31. The number of pyridine rings is 1. The van der Waals surface area contributed by atoms with Crippen molar-refractivity contribution in [2.75, 3.05) is 37.0 Å². The highest BCUT2D eigenvalue weighted by molar-refractivity contribution is 5.61. The van der Waals surface area contributed by atoms with Gasteiger partial charge in [-0.3, -0.25) is 10.1 Å². The summed E-state index contributed by atoms with van der Waals surface area (Å²) in [4.78, 5) is 17.0. The van der Waals surface area contributed by atoms with E-state index in [4.69, 9.17) is 4.74 Å². The molecule has 0 radical (unpaired) electrons. The number of hydrogen-bond donors (Lipinski definition) is 1. The van der Waals surface area contributed by atoms with Gasteiger partial charge in [0.05, 0.1) is 11.0 Å². The third-order valence-electron chi connectivity index (χ3n) is 3.06. The van der Waals surface area contributed by atoms with Crippen LogP contribution in [-0.2, 0) is 4.74 Å². The average Bonchev–Trinajstić information content (AvgIpc) is 2.62. The Hall–Kier alpha value is -1.89. The Morgan fingerprint density at radius 2 is 2.37 bits per heavy atom. The molecule has 104 valence electrons. The third-order valence-corrected chi connectivity index (χ3v) is 3.06. The van der Waals surface area contributed by atoms with Gasteiger partial charge in [0.2, 0.25) is 5.82 Å². The molecule has 1 aromatic rings. The Bertz CT molecular complexity index is 466. The lowest BCUT2D eigenvalue weighted by Crippen LogP contribution is -2.31. The lowest BCUT2D eigenvalue weighted by atomic mass is 10.3. The molecule has 1 N–H and O–H groups in total. The topological polar surface area (TPSA) is 80.5 Å². The fourth-order valence-corrected chi connectivity index (χ4v) is 2.14. The Morgan fingerprint density at radius 1 is 1.58 bits per heavy atom. The molecule has 0 aliphatic carbocycles. The molecule has 0 saturated carbocycles. The van der Waals surface area contributed by atoms with Crippen molar-refractivity contribution in [2.45, 2.75) is 19.4 Å². The van der Waals surface area contributed by atoms with Crippen LogP contribution < -0.4 is 10.2 Å². The van der Waals surface area contributed by atoms with E-state index < -0.39 is 4.92 Å². The van der Waals surface area contributed by atoms with Crippen LogP contribution in [-0.4, -0.2) is 42.8 Å². The first-order chi connectivity index (χ1) is 9.11. The third kappa shape index (κ3) is 3.11. The van der Waals surface area contributed by atoms with E-state index in [-0.39, 0.29) is 11.8 Å². The van der Waals surface area contributed by atoms with Crippen molar-refractivity contribution >= 4 is 17.3 Å². The number of nitrogens with zero attached hydrogens (tertiary/aromatic N) is 3. The second-order valence-corrected chi connectivity index (χ2v) is 4.53. The van der Waals surface area contributed by atoms with E-state index in [9.17, 15) is 10.1 Å². The molecule has 1 aliphatic rings. The van der Waals surface area contributed by atoms with Gasteiger partial charge in [0, 0.05) is 32.8 Å². The predicted octanol–water partition coefficient (Wildman–Crippen LogP) is 1.65. The lowest BCUT2D eigenvalue weighted by Gasteiger charge is -2.23. The van der Waals surface area contributed by atoms with Gasteiger partial charge >= 0.3 is 5.69 Å². The van der Waals surface area contributed by atoms with Crippen LogP contribution in [0.15, 0.2) is 12.1 Å². The van der Waals surface area contributed by atoms with E-state index in [1.165, 1.54) is 6.07 Å². The second-order valence-electron chi connectivity index (χ2n) is 4.53. The quantitative estimate of drug-likeness (QED) is 0.661. The SMILES string of the molecule is CNc1ccc([N+](=O)[O-])c(N2CCCOC(C)C2)n1. The van der Waals surface area contributed by atoms with Crippen molar-refractivity contribution < 1.29 is 9.66 Å². The fourth-order valence-electron chi connectivity index (χ4n) is 2.14. The molecule has 2 rings (SSSR count). The van der Waals surface area contributed by atoms with Gasteiger partial charge in [-0.2, -0.15) is 0 Å². The summed E-state index contributed by atoms with van der Waals surface area (Å²) >= 11 is 0. The Labute approximate surface area is 111 Å². The minimum Gasteiger partial charge on any atom is -0.377 e. The number of aromatic nitrogens is 1. The Morgan fingerprint density at radius 3 is 3.05 bits per heavy atom. The van der Waals surface area contributed by atoms with Crippen LogP contribution in [0.3, 0.4) is 0 Å². The largest absolute Gasteiger partial charge is 0.377 e. The zero-order valence-corrected chi connectivity index (χ0v) is 11.1. The first kappa shape index (κ1) is 13.5. The van der Waals surface area contributed by atoms with E-state index in [0.29, 0.717) is 31.3 Å². The molecule has 0 bridgehead atoms. The lowest BCUT2D eigenvalue weighted by molar-refractivity contribution is -0.384. The van der Waals surface area contributed by atoms with Gasteiger partial charge in [0.1, 0.15) is 5.82 Å². The monoisotopic (exact) mass is 266 g/mol. The number of ether oxygens (including phenoxy) is 1. The highest BCUT2D eigenvalue weighted by Crippen LogP contribution is 2.28. The molecule has 1 aromatic heterocycles. The van der Waals surface area contributed by atoms with Crippen molar-refractivity contribution in [1.29, 1.82) is 0 Å². The number of anilines is 2. The van der Waals surface area contributed by atoms with Gasteiger partial charge in [-0.15, -0.1) is 0 Å². The smallest absolute Gasteiger partial charge is 0.311 e. The summed E-state index contributed by atoms with van der Waals surface area (Å²) in [5, 5.41) is 14.0. The highest BCUT2D eigenvalue weighted by Gasteiger charge is 2.24. The van der Waals surface area contributed by atoms with Crippen molar-refractivity contribution in [3.63, 3.8) is 0 Å². The first-order valence-corrected chi connectivity index (χ1v) is 6.31. The Kier molecular flexibility index (Phi) is 4.16. The van der Waals surface area contributed by atoms with Gasteiger partial charge in [-0.25, -0.2) is 4.98 Å². The minimum atomic E-state index is -0.391. The van der Waals surface area contributed by atoms with E-state index in [1.807, 2.05) is 11.8 Å². The standard InChI is InChI=1S/C12H18N4O3/c1-9-8-15(6-3-7-19-9)12-10(16(17)18)4-5-11(13-2)14-12/h4-5,9H,3,6-8H2,1-2H3,(H,13,14). The molecule has 0 aromatic carbocycles. The molecule has 1 atom stereocenters. The van der Waals surface area contributed by atoms with E-state index in [1.54, 1.807) is 13.1 Å². The summed E-state index contributed by atoms with van der Waals surface area (Å²) in [5.74, 6) is 1.03. The van der Waals surface area contributed by atoms with Crippen LogP contribution in [0.1, 0.15) is 13.3 Å². The summed E-state index contributed by atoms with van der Waals surface area (Å²) in [6.07, 6.45) is 0.884. The number of nitro groups is 1. The Balaban J connectivity index is 2.36. The molecule has 0 amide bonds. The molecular weight excluding hydrogens is 248 g/mol. The van der Waals surface area contributed by atoms with Crippen molar-refractivity contribution in [3.05, 3.63) is 22.2 Å². The maximum absolute atomic E-state index is 11.1. The van der Waals surface area contributed by atoms with Crippen LogP contribution in [0.25, 0.3) is 0 Å². The van der Waals surface area contributed by atoms with E-state index in [0.717, 1.165) is 6.42 Å². The normalized spacial score (nSPS) is 19.9. The molecule has 0 spiro atoms. The fraction of sp³-hybridized carbons (Fsp3) is 0.583. The van der Waals surface area contributed by atoms with Gasteiger partial charge < -0.3 is 15.0 Å². The van der Waals surface area contributed by atoms with Crippen LogP contribution in [0, 0.1) is 10.1 Å². The number of rotatable bonds is 3. The molecule has 2 heterocycles. The van der Waals surface area contributed by atoms with E-state index >= 15 is 0 Å². The predicted molar refractivity (Wildman–Crippen MR) is 72.7 cm³/mol. The molecule has 1 saturated heterocycles. The zero-order chi connectivity index (χ0) is 13.8. The van der Waals surface area contributed by atoms with Crippen LogP contribution in [0.2, 0.25) is 0 Å². The highest BCUT2D eigenvalue weighted by atomic mass is 16.6. The average molecular weight is 266 g/mol. The summed E-state index contributed by atoms with van der Waals surface area (Å²) in [7, 11) is 1.74. The molecule has 7 heteroatoms. The van der Waals surface area contributed by atoms with Crippen molar-refractivity contribution in [1.82, 2.24) is 4.98 Å². The summed E-state index contributed by atoms with van der Waals surface area (Å²) < 4.78 is 5.56. The van der Waals surface area contributed by atoms with E-state index in [2.05, 4.69) is 10.3 Å². The van der Waals surface area contributed by atoms with Gasteiger partial charge in [0.25, 0.3) is 0 Å². The van der Waals surface area contributed by atoms with Gasteiger partial charge in [-0.05, 0) is 19.4 Å². The molecular formula is C12H18N4O3. The van der Waals surface area contributed by atoms with Crippen molar-refractivity contribution in [2.24, 2.45) is 0 Å². The summed E-state index contributed by atoms with van der Waals surface area (Å²) in [6.45, 7) is 3.97. The van der Waals surface area contributed by atoms with Gasteiger partial charge in [-0.1, -0.05) is 0 Å². The van der Waals surface area contributed by atoms with Crippen LogP contribution in [0.4, 0.5) is 17.3 Å². The molecule has 1 fully saturated rings.